The zero-order valence-electron chi connectivity index (χ0n) is 16.9. The molecule has 154 valence electrons. The number of benzene rings is 1. The molecule has 1 aromatic carbocycles. The minimum atomic E-state index is -1.40. The van der Waals surface area contributed by atoms with Crippen LogP contribution in [0.15, 0.2) is 70.0 Å². The smallest absolute Gasteiger partial charge is 0.217 e. The van der Waals surface area contributed by atoms with Crippen LogP contribution in [0.25, 0.3) is 0 Å². The lowest BCUT2D eigenvalue weighted by Gasteiger charge is -2.43. The molecule has 1 fully saturated rings. The van der Waals surface area contributed by atoms with Gasteiger partial charge in [0, 0.05) is 29.4 Å². The summed E-state index contributed by atoms with van der Waals surface area (Å²) in [6, 6.07) is 17.2. The van der Waals surface area contributed by atoms with E-state index in [1.807, 2.05) is 66.2 Å². The third-order valence-corrected chi connectivity index (χ3v) is 6.64. The van der Waals surface area contributed by atoms with Gasteiger partial charge in [0.05, 0.1) is 23.3 Å². The standard InChI is InChI=1S/C24H21BrN5O/c1-15-4-2-3-11-30(15)23-21(16-5-9-19(25)10-6-16)20(14-28)22(17(12-26)13-27)29-24(23,31)18-7-8-18/h2-6,9-11,18,21,23,26,29,31H,7-8H2,1H3/q+1/t21-,23-,24-/m0/s1. The summed E-state index contributed by atoms with van der Waals surface area (Å²) in [7, 11) is 0. The Kier molecular flexibility index (Phi) is 5.52. The molecule has 2 heterocycles. The molecule has 0 spiro atoms. The highest BCUT2D eigenvalue weighted by Gasteiger charge is 2.61. The maximum atomic E-state index is 12.1. The first-order valence-corrected chi connectivity index (χ1v) is 10.8. The zero-order valence-corrected chi connectivity index (χ0v) is 18.5. The van der Waals surface area contributed by atoms with Crippen LogP contribution in [0.4, 0.5) is 0 Å². The second kappa shape index (κ2) is 8.13. The fraction of sp³-hybridized carbons (Fsp3) is 0.292. The molecule has 0 unspecified atom stereocenters. The predicted molar refractivity (Wildman–Crippen MR) is 118 cm³/mol. The van der Waals surface area contributed by atoms with Gasteiger partial charge in [-0.1, -0.05) is 34.1 Å². The molecule has 31 heavy (non-hydrogen) atoms. The summed E-state index contributed by atoms with van der Waals surface area (Å²) >= 11 is 3.46. The monoisotopic (exact) mass is 474 g/mol. The first kappa shape index (κ1) is 21.0. The molecule has 1 saturated carbocycles. The molecule has 2 aromatic rings. The Labute approximate surface area is 189 Å². The Morgan fingerprint density at radius 1 is 1.23 bits per heavy atom. The number of pyridine rings is 1. The van der Waals surface area contributed by atoms with E-state index in [4.69, 9.17) is 5.41 Å². The Bertz CT molecular complexity index is 1200. The molecule has 6 nitrogen and oxygen atoms in total. The highest BCUT2D eigenvalue weighted by molar-refractivity contribution is 9.10. The lowest BCUT2D eigenvalue weighted by molar-refractivity contribution is -0.747. The average molecular weight is 475 g/mol. The summed E-state index contributed by atoms with van der Waals surface area (Å²) in [6.45, 7) is 1.97. The minimum absolute atomic E-state index is 0.0385. The molecule has 1 aliphatic heterocycles. The van der Waals surface area contributed by atoms with Crippen molar-refractivity contribution in [2.24, 2.45) is 5.92 Å². The molecule has 3 N–H and O–H groups in total. The summed E-state index contributed by atoms with van der Waals surface area (Å²) in [5.74, 6) is 1.57. The van der Waals surface area contributed by atoms with Crippen LogP contribution in [0, 0.1) is 40.9 Å². The number of nitriles is 2. The van der Waals surface area contributed by atoms with E-state index in [1.54, 1.807) is 0 Å². The lowest BCUT2D eigenvalue weighted by Crippen LogP contribution is -2.66. The molecule has 4 rings (SSSR count). The summed E-state index contributed by atoms with van der Waals surface area (Å²) in [4.78, 5) is 0. The van der Waals surface area contributed by atoms with E-state index >= 15 is 0 Å². The van der Waals surface area contributed by atoms with Crippen molar-refractivity contribution in [3.05, 3.63) is 81.2 Å². The summed E-state index contributed by atoms with van der Waals surface area (Å²) in [5, 5.41) is 42.5. The van der Waals surface area contributed by atoms with Crippen molar-refractivity contribution in [2.45, 2.75) is 37.5 Å². The molecule has 3 atom stereocenters. The van der Waals surface area contributed by atoms with E-state index in [9.17, 15) is 15.6 Å². The van der Waals surface area contributed by atoms with Crippen molar-refractivity contribution in [3.63, 3.8) is 0 Å². The van der Waals surface area contributed by atoms with E-state index < -0.39 is 17.7 Å². The first-order chi connectivity index (χ1) is 14.9. The Hall–Kier alpha value is -3.22. The number of rotatable bonds is 4. The van der Waals surface area contributed by atoms with Crippen molar-refractivity contribution in [3.8, 4) is 12.1 Å². The van der Waals surface area contributed by atoms with Gasteiger partial charge in [-0.2, -0.15) is 15.1 Å². The van der Waals surface area contributed by atoms with Gasteiger partial charge in [0.1, 0.15) is 11.6 Å². The molecule has 0 amide bonds. The Balaban J connectivity index is 2.06. The molecule has 2 aliphatic rings. The molecular weight excluding hydrogens is 454 g/mol. The maximum absolute atomic E-state index is 12.1. The van der Waals surface area contributed by atoms with Gasteiger partial charge in [0.2, 0.25) is 11.8 Å². The molecule has 0 radical (unpaired) electrons. The van der Waals surface area contributed by atoms with E-state index in [0.29, 0.717) is 5.57 Å². The number of hydrogen-bond donors (Lipinski definition) is 3. The number of aryl methyl sites for hydroxylation is 1. The van der Waals surface area contributed by atoms with E-state index in [1.165, 1.54) is 0 Å². The Morgan fingerprint density at radius 3 is 2.48 bits per heavy atom. The molecule has 1 aliphatic carbocycles. The number of nitrogens with one attached hydrogen (secondary N) is 2. The quantitative estimate of drug-likeness (QED) is 0.357. The van der Waals surface area contributed by atoms with Crippen LogP contribution in [0.5, 0.6) is 0 Å². The van der Waals surface area contributed by atoms with E-state index in [0.717, 1.165) is 28.6 Å². The van der Waals surface area contributed by atoms with Gasteiger partial charge in [0.15, 0.2) is 11.9 Å². The number of nitrogens with zero attached hydrogens (tertiary/aromatic N) is 3. The SMILES string of the molecule is Cc1cccc[n+]1[C@H]1[C@@H](c2ccc(Br)cc2)C(C#N)=C(C(=C=N)C#N)N[C@]1(O)C1CC1. The largest absolute Gasteiger partial charge is 0.365 e. The Morgan fingerprint density at radius 2 is 1.94 bits per heavy atom. The second-order valence-electron chi connectivity index (χ2n) is 7.96. The summed E-state index contributed by atoms with van der Waals surface area (Å²) in [6.07, 6.45) is 3.59. The zero-order chi connectivity index (χ0) is 22.2. The molecule has 7 heteroatoms. The molecule has 0 saturated heterocycles. The van der Waals surface area contributed by atoms with Gasteiger partial charge in [-0.15, -0.1) is 0 Å². The van der Waals surface area contributed by atoms with Crippen LogP contribution < -0.4 is 9.88 Å². The van der Waals surface area contributed by atoms with Crippen molar-refractivity contribution < 1.29 is 9.67 Å². The van der Waals surface area contributed by atoms with Crippen molar-refractivity contribution in [1.29, 1.82) is 15.9 Å². The third kappa shape index (κ3) is 3.58. The minimum Gasteiger partial charge on any atom is -0.365 e. The molecular formula is C24H21BrN5O+. The number of allylic oxidation sites excluding steroid dienone is 2. The number of halogens is 1. The topological polar surface area (TPSA) is 108 Å². The average Bonchev–Trinajstić information content (AvgIpc) is 3.62. The van der Waals surface area contributed by atoms with Crippen LogP contribution in [0.1, 0.15) is 36.1 Å². The van der Waals surface area contributed by atoms with Crippen LogP contribution in [-0.2, 0) is 0 Å². The fourth-order valence-electron chi connectivity index (χ4n) is 4.49. The summed E-state index contributed by atoms with van der Waals surface area (Å²) in [5.41, 5.74) is 0.798. The normalized spacial score (nSPS) is 25.1. The van der Waals surface area contributed by atoms with Gasteiger partial charge in [-0.3, -0.25) is 5.41 Å². The van der Waals surface area contributed by atoms with Gasteiger partial charge < -0.3 is 10.4 Å². The molecule has 1 aromatic heterocycles. The highest BCUT2D eigenvalue weighted by Crippen LogP contribution is 2.52. The number of hydrogen-bond acceptors (Lipinski definition) is 5. The van der Waals surface area contributed by atoms with Crippen molar-refractivity contribution >= 4 is 21.8 Å². The van der Waals surface area contributed by atoms with Gasteiger partial charge in [-0.25, -0.2) is 0 Å². The highest BCUT2D eigenvalue weighted by atomic mass is 79.9. The van der Waals surface area contributed by atoms with E-state index in [-0.39, 0.29) is 17.2 Å². The fourth-order valence-corrected chi connectivity index (χ4v) is 4.75. The second-order valence-corrected chi connectivity index (χ2v) is 8.88. The van der Waals surface area contributed by atoms with Crippen LogP contribution >= 0.6 is 15.9 Å². The predicted octanol–water partition coefficient (Wildman–Crippen LogP) is 3.55. The van der Waals surface area contributed by atoms with Crippen LogP contribution in [-0.4, -0.2) is 16.7 Å². The van der Waals surface area contributed by atoms with Crippen molar-refractivity contribution in [2.75, 3.05) is 0 Å². The van der Waals surface area contributed by atoms with Gasteiger partial charge in [-0.05, 0) is 36.4 Å². The van der Waals surface area contributed by atoms with Crippen LogP contribution in [0.3, 0.4) is 0 Å². The molecule has 0 bridgehead atoms. The number of aromatic nitrogens is 1. The van der Waals surface area contributed by atoms with Gasteiger partial charge in [0.25, 0.3) is 0 Å². The van der Waals surface area contributed by atoms with E-state index in [2.05, 4.69) is 33.2 Å². The lowest BCUT2D eigenvalue weighted by atomic mass is 9.73. The number of aliphatic hydroxyl groups is 1. The summed E-state index contributed by atoms with van der Waals surface area (Å²) < 4.78 is 2.91. The van der Waals surface area contributed by atoms with Gasteiger partial charge >= 0.3 is 0 Å². The van der Waals surface area contributed by atoms with Crippen molar-refractivity contribution in [1.82, 2.24) is 5.32 Å². The van der Waals surface area contributed by atoms with Crippen LogP contribution in [0.2, 0.25) is 0 Å². The first-order valence-electron chi connectivity index (χ1n) is 10.0. The maximum Gasteiger partial charge on any atom is 0.217 e. The third-order valence-electron chi connectivity index (χ3n) is 6.11.